The minimum Gasteiger partial charge on any atom is -0.348 e. The van der Waals surface area contributed by atoms with Crippen molar-refractivity contribution in [3.63, 3.8) is 0 Å². The molecule has 0 fully saturated rings. The fourth-order valence-corrected chi connectivity index (χ4v) is 3.93. The summed E-state index contributed by atoms with van der Waals surface area (Å²) in [5.41, 5.74) is 6.58. The molecule has 1 aromatic heterocycles. The first kappa shape index (κ1) is 21.3. The van der Waals surface area contributed by atoms with Crippen LogP contribution in [0.4, 0.5) is 0 Å². The number of thiophene rings is 1. The lowest BCUT2D eigenvalue weighted by Crippen LogP contribution is -2.25. The highest BCUT2D eigenvalue weighted by Crippen LogP contribution is 2.30. The molecule has 0 unspecified atom stereocenters. The quantitative estimate of drug-likeness (QED) is 0.500. The smallest absolute Gasteiger partial charge is 0.251 e. The zero-order valence-electron chi connectivity index (χ0n) is 18.3. The molecule has 0 radical (unpaired) electrons. The van der Waals surface area contributed by atoms with Crippen molar-refractivity contribution in [2.75, 3.05) is 0 Å². The normalized spacial score (nSPS) is 12.1. The Hall–Kier alpha value is -2.39. The fraction of sp³-hybridized carbons (Fsp3) is 0.346. The minimum absolute atomic E-state index is 0.0121. The molecule has 0 aliphatic heterocycles. The number of benzene rings is 2. The van der Waals surface area contributed by atoms with E-state index in [1.807, 2.05) is 24.3 Å². The number of amides is 1. The number of carbonyl (C=O) groups is 1. The molecule has 0 atom stereocenters. The lowest BCUT2D eigenvalue weighted by molar-refractivity contribution is 0.0950. The Balaban J connectivity index is 1.87. The maximum Gasteiger partial charge on any atom is 0.251 e. The van der Waals surface area contributed by atoms with Crippen molar-refractivity contribution in [2.24, 2.45) is 0 Å². The van der Waals surface area contributed by atoms with E-state index in [9.17, 15) is 4.79 Å². The van der Waals surface area contributed by atoms with Crippen LogP contribution in [0.15, 0.2) is 59.3 Å². The van der Waals surface area contributed by atoms with Gasteiger partial charge in [-0.15, -0.1) is 0 Å². The van der Waals surface area contributed by atoms with Crippen LogP contribution in [-0.4, -0.2) is 5.91 Å². The molecule has 0 aliphatic rings. The topological polar surface area (TPSA) is 29.1 Å². The Labute approximate surface area is 179 Å². The maximum atomic E-state index is 13.1. The summed E-state index contributed by atoms with van der Waals surface area (Å²) in [5, 5.41) is 7.36. The average Bonchev–Trinajstić information content (AvgIpc) is 3.19. The molecular formula is C26H31NOS. The monoisotopic (exact) mass is 405 g/mol. The van der Waals surface area contributed by atoms with Gasteiger partial charge in [0.25, 0.3) is 5.91 Å². The summed E-state index contributed by atoms with van der Waals surface area (Å²) in [6.07, 6.45) is 0. The van der Waals surface area contributed by atoms with Gasteiger partial charge in [0.05, 0.1) is 0 Å². The summed E-state index contributed by atoms with van der Waals surface area (Å²) >= 11 is 1.68. The third kappa shape index (κ3) is 5.16. The predicted octanol–water partition coefficient (Wildman–Crippen LogP) is 6.94. The molecule has 1 amide bonds. The summed E-state index contributed by atoms with van der Waals surface area (Å²) in [7, 11) is 0. The van der Waals surface area contributed by atoms with Gasteiger partial charge in [-0.3, -0.25) is 4.79 Å². The maximum absolute atomic E-state index is 13.1. The Morgan fingerprint density at radius 3 is 2.07 bits per heavy atom. The molecule has 1 N–H and O–H groups in total. The Kier molecular flexibility index (Phi) is 6.00. The largest absolute Gasteiger partial charge is 0.348 e. The summed E-state index contributed by atoms with van der Waals surface area (Å²) < 4.78 is 0. The standard InChI is InChI=1S/C26H31NOS/c1-25(2,3)21-13-20(14-22(15-21)26(4,5)6)24(28)27-16-18-9-7-8-10-23(18)19-11-12-29-17-19/h7-15,17H,16H2,1-6H3,(H,27,28). The van der Waals surface area contributed by atoms with Crippen LogP contribution in [0.1, 0.15) is 68.6 Å². The van der Waals surface area contributed by atoms with Crippen LogP contribution >= 0.6 is 11.3 Å². The molecule has 3 aromatic rings. The van der Waals surface area contributed by atoms with E-state index in [4.69, 9.17) is 0 Å². The molecule has 0 aliphatic carbocycles. The van der Waals surface area contributed by atoms with Gasteiger partial charge in [-0.1, -0.05) is 71.9 Å². The Bertz CT molecular complexity index is 956. The highest BCUT2D eigenvalue weighted by Gasteiger charge is 2.22. The van der Waals surface area contributed by atoms with Gasteiger partial charge >= 0.3 is 0 Å². The van der Waals surface area contributed by atoms with E-state index >= 15 is 0 Å². The van der Waals surface area contributed by atoms with E-state index in [-0.39, 0.29) is 16.7 Å². The van der Waals surface area contributed by atoms with E-state index in [1.165, 1.54) is 22.3 Å². The van der Waals surface area contributed by atoms with Crippen molar-refractivity contribution in [3.8, 4) is 11.1 Å². The molecule has 0 bridgehead atoms. The van der Waals surface area contributed by atoms with Crippen molar-refractivity contribution in [3.05, 3.63) is 81.5 Å². The second kappa shape index (κ2) is 8.16. The SMILES string of the molecule is CC(C)(C)c1cc(C(=O)NCc2ccccc2-c2ccsc2)cc(C(C)(C)C)c1. The zero-order valence-corrected chi connectivity index (χ0v) is 19.1. The van der Waals surface area contributed by atoms with Gasteiger partial charge in [0.1, 0.15) is 0 Å². The minimum atomic E-state index is -0.0262. The van der Waals surface area contributed by atoms with E-state index in [0.717, 1.165) is 11.1 Å². The van der Waals surface area contributed by atoms with Gasteiger partial charge in [-0.05, 0) is 67.6 Å². The highest BCUT2D eigenvalue weighted by molar-refractivity contribution is 7.08. The Morgan fingerprint density at radius 2 is 1.52 bits per heavy atom. The van der Waals surface area contributed by atoms with Crippen molar-refractivity contribution in [1.82, 2.24) is 5.32 Å². The molecule has 0 spiro atoms. The number of hydrogen-bond acceptors (Lipinski definition) is 2. The Morgan fingerprint density at radius 1 is 0.897 bits per heavy atom. The van der Waals surface area contributed by atoms with Crippen molar-refractivity contribution < 1.29 is 4.79 Å². The molecule has 3 heteroatoms. The van der Waals surface area contributed by atoms with E-state index in [0.29, 0.717) is 6.54 Å². The molecule has 2 nitrogen and oxygen atoms in total. The van der Waals surface area contributed by atoms with Crippen LogP contribution in [0.2, 0.25) is 0 Å². The van der Waals surface area contributed by atoms with Crippen molar-refractivity contribution in [1.29, 1.82) is 0 Å². The molecule has 152 valence electrons. The van der Waals surface area contributed by atoms with Crippen LogP contribution in [-0.2, 0) is 17.4 Å². The molecule has 3 rings (SSSR count). The van der Waals surface area contributed by atoms with E-state index in [2.05, 4.69) is 81.9 Å². The third-order valence-electron chi connectivity index (χ3n) is 5.22. The molecule has 1 heterocycles. The molecule has 29 heavy (non-hydrogen) atoms. The van der Waals surface area contributed by atoms with E-state index < -0.39 is 0 Å². The first-order valence-electron chi connectivity index (χ1n) is 10.1. The van der Waals surface area contributed by atoms with Gasteiger partial charge in [-0.2, -0.15) is 11.3 Å². The van der Waals surface area contributed by atoms with Crippen LogP contribution in [0.25, 0.3) is 11.1 Å². The fourth-order valence-electron chi connectivity index (χ4n) is 3.28. The molecule has 2 aromatic carbocycles. The van der Waals surface area contributed by atoms with E-state index in [1.54, 1.807) is 11.3 Å². The van der Waals surface area contributed by atoms with Gasteiger partial charge in [0.15, 0.2) is 0 Å². The third-order valence-corrected chi connectivity index (χ3v) is 5.90. The lowest BCUT2D eigenvalue weighted by Gasteiger charge is -2.26. The average molecular weight is 406 g/mol. The number of hydrogen-bond donors (Lipinski definition) is 1. The number of nitrogens with one attached hydrogen (secondary N) is 1. The second-order valence-electron chi connectivity index (χ2n) is 9.65. The zero-order chi connectivity index (χ0) is 21.2. The first-order chi connectivity index (χ1) is 13.6. The van der Waals surface area contributed by atoms with Crippen LogP contribution in [0.5, 0.6) is 0 Å². The van der Waals surface area contributed by atoms with Crippen molar-refractivity contribution >= 4 is 17.2 Å². The van der Waals surface area contributed by atoms with Gasteiger partial charge in [0, 0.05) is 12.1 Å². The summed E-state index contributed by atoms with van der Waals surface area (Å²) in [4.78, 5) is 13.1. The molecule has 0 saturated heterocycles. The van der Waals surface area contributed by atoms with Crippen molar-refractivity contribution in [2.45, 2.75) is 58.9 Å². The van der Waals surface area contributed by atoms with Crippen LogP contribution in [0, 0.1) is 0 Å². The lowest BCUT2D eigenvalue weighted by atomic mass is 9.79. The van der Waals surface area contributed by atoms with Gasteiger partial charge in [-0.25, -0.2) is 0 Å². The number of carbonyl (C=O) groups excluding carboxylic acids is 1. The van der Waals surface area contributed by atoms with Gasteiger partial charge in [0.2, 0.25) is 0 Å². The highest BCUT2D eigenvalue weighted by atomic mass is 32.1. The molecular weight excluding hydrogens is 374 g/mol. The second-order valence-corrected chi connectivity index (χ2v) is 10.4. The predicted molar refractivity (Wildman–Crippen MR) is 125 cm³/mol. The summed E-state index contributed by atoms with van der Waals surface area (Å²) in [5.74, 6) is -0.0262. The first-order valence-corrected chi connectivity index (χ1v) is 11.0. The van der Waals surface area contributed by atoms with Crippen LogP contribution < -0.4 is 5.32 Å². The molecule has 0 saturated carbocycles. The summed E-state index contributed by atoms with van der Waals surface area (Å²) in [6, 6.07) is 16.7. The summed E-state index contributed by atoms with van der Waals surface area (Å²) in [6.45, 7) is 13.6. The van der Waals surface area contributed by atoms with Gasteiger partial charge < -0.3 is 5.32 Å². The van der Waals surface area contributed by atoms with Crippen LogP contribution in [0.3, 0.4) is 0 Å². The number of rotatable bonds is 4.